The number of hydrogen-bond donors (Lipinski definition) is 1. The Kier molecular flexibility index (Phi) is 4.52. The average molecular weight is 339 g/mol. The monoisotopic (exact) mass is 339 g/mol. The number of nitrogens with zero attached hydrogens (tertiary/aromatic N) is 3. The van der Waals surface area contributed by atoms with Gasteiger partial charge < -0.3 is 15.7 Å². The van der Waals surface area contributed by atoms with Crippen molar-refractivity contribution in [3.8, 4) is 11.4 Å². The Hall–Kier alpha value is -2.80. The molecule has 0 atom stereocenters. The van der Waals surface area contributed by atoms with E-state index in [9.17, 15) is 9.90 Å². The summed E-state index contributed by atoms with van der Waals surface area (Å²) < 4.78 is 1.47. The lowest BCUT2D eigenvalue weighted by Gasteiger charge is -2.06. The molecule has 122 valence electrons. The first-order chi connectivity index (χ1) is 11.6. The number of rotatable bonds is 5. The summed E-state index contributed by atoms with van der Waals surface area (Å²) in [5.41, 5.74) is 3.14. The molecule has 1 aromatic heterocycles. The molecule has 0 radical (unpaired) electrons. The SMILES string of the molecule is Cc1ccccc1-c1nnc(SCc2ccc(C(=O)[O-])cc2)n1N. The molecule has 6 nitrogen and oxygen atoms in total. The third-order valence-corrected chi connectivity index (χ3v) is 4.62. The Labute approximate surface area is 143 Å². The molecule has 0 amide bonds. The van der Waals surface area contributed by atoms with E-state index in [1.807, 2.05) is 31.2 Å². The number of thioether (sulfide) groups is 1. The second kappa shape index (κ2) is 6.76. The van der Waals surface area contributed by atoms with Crippen molar-refractivity contribution < 1.29 is 9.90 Å². The van der Waals surface area contributed by atoms with Gasteiger partial charge in [0.2, 0.25) is 5.16 Å². The van der Waals surface area contributed by atoms with E-state index in [2.05, 4.69) is 10.2 Å². The summed E-state index contributed by atoms with van der Waals surface area (Å²) in [6.45, 7) is 2.00. The smallest absolute Gasteiger partial charge is 0.210 e. The van der Waals surface area contributed by atoms with Crippen LogP contribution >= 0.6 is 11.8 Å². The normalized spacial score (nSPS) is 10.7. The second-order valence-electron chi connectivity index (χ2n) is 5.26. The van der Waals surface area contributed by atoms with Gasteiger partial charge in [-0.05, 0) is 23.6 Å². The van der Waals surface area contributed by atoms with Crippen molar-refractivity contribution in [3.05, 3.63) is 65.2 Å². The van der Waals surface area contributed by atoms with Gasteiger partial charge in [-0.15, -0.1) is 10.2 Å². The fourth-order valence-electron chi connectivity index (χ4n) is 2.27. The Morgan fingerprint density at radius 1 is 1.17 bits per heavy atom. The number of carbonyl (C=O) groups is 1. The van der Waals surface area contributed by atoms with Crippen LogP contribution < -0.4 is 10.9 Å². The number of aromatic carboxylic acids is 1. The molecule has 1 heterocycles. The van der Waals surface area contributed by atoms with Crippen LogP contribution in [0.25, 0.3) is 11.4 Å². The Bertz CT molecular complexity index is 875. The standard InChI is InChI=1S/C17H16N4O2S/c1-11-4-2-3-5-14(11)15-19-20-17(21(15)18)24-10-12-6-8-13(9-7-12)16(22)23/h2-9H,10,18H2,1H3,(H,22,23)/p-1. The first kappa shape index (κ1) is 16.1. The number of carbonyl (C=O) groups excluding carboxylic acids is 1. The van der Waals surface area contributed by atoms with E-state index in [-0.39, 0.29) is 5.56 Å². The van der Waals surface area contributed by atoms with Gasteiger partial charge in [-0.3, -0.25) is 0 Å². The quantitative estimate of drug-likeness (QED) is 0.560. The van der Waals surface area contributed by atoms with Gasteiger partial charge in [0.15, 0.2) is 5.82 Å². The molecule has 2 N–H and O–H groups in total. The molecule has 24 heavy (non-hydrogen) atoms. The molecule has 3 rings (SSSR count). The van der Waals surface area contributed by atoms with Crippen LogP contribution in [0, 0.1) is 6.92 Å². The Balaban J connectivity index is 1.75. The summed E-state index contributed by atoms with van der Waals surface area (Å²) in [6.07, 6.45) is 0. The van der Waals surface area contributed by atoms with Crippen LogP contribution in [-0.4, -0.2) is 20.8 Å². The van der Waals surface area contributed by atoms with Crippen LogP contribution in [-0.2, 0) is 5.75 Å². The average Bonchev–Trinajstić information content (AvgIpc) is 2.94. The molecular formula is C17H15N4O2S-. The van der Waals surface area contributed by atoms with Gasteiger partial charge in [-0.1, -0.05) is 60.3 Å². The van der Waals surface area contributed by atoms with E-state index in [1.54, 1.807) is 12.1 Å². The van der Waals surface area contributed by atoms with Gasteiger partial charge in [-0.2, -0.15) is 0 Å². The third kappa shape index (κ3) is 3.26. The molecule has 0 aliphatic heterocycles. The minimum Gasteiger partial charge on any atom is -0.545 e. The number of nitrogens with two attached hydrogens (primary N) is 1. The van der Waals surface area contributed by atoms with Gasteiger partial charge in [-0.25, -0.2) is 4.68 Å². The number of benzene rings is 2. The number of hydrogen-bond acceptors (Lipinski definition) is 6. The largest absolute Gasteiger partial charge is 0.545 e. The Morgan fingerprint density at radius 3 is 2.54 bits per heavy atom. The van der Waals surface area contributed by atoms with Gasteiger partial charge in [0.05, 0.1) is 5.97 Å². The van der Waals surface area contributed by atoms with Crippen molar-refractivity contribution in [2.45, 2.75) is 17.8 Å². The predicted molar refractivity (Wildman–Crippen MR) is 90.7 cm³/mol. The van der Waals surface area contributed by atoms with Crippen molar-refractivity contribution in [1.82, 2.24) is 14.9 Å². The molecular weight excluding hydrogens is 324 g/mol. The molecule has 0 aliphatic rings. The Morgan fingerprint density at radius 2 is 1.88 bits per heavy atom. The molecule has 0 saturated carbocycles. The van der Waals surface area contributed by atoms with Crippen LogP contribution in [0.5, 0.6) is 0 Å². The summed E-state index contributed by atoms with van der Waals surface area (Å²) in [4.78, 5) is 10.7. The zero-order valence-corrected chi connectivity index (χ0v) is 13.8. The zero-order chi connectivity index (χ0) is 17.1. The fraction of sp³-hybridized carbons (Fsp3) is 0.118. The van der Waals surface area contributed by atoms with Crippen LogP contribution in [0.3, 0.4) is 0 Å². The van der Waals surface area contributed by atoms with Crippen LogP contribution in [0.15, 0.2) is 53.7 Å². The number of aryl methyl sites for hydroxylation is 1. The lowest BCUT2D eigenvalue weighted by molar-refractivity contribution is -0.255. The minimum absolute atomic E-state index is 0.160. The van der Waals surface area contributed by atoms with Crippen molar-refractivity contribution in [2.75, 3.05) is 5.84 Å². The molecule has 0 unspecified atom stereocenters. The molecule has 0 aliphatic carbocycles. The van der Waals surface area contributed by atoms with Crippen molar-refractivity contribution in [1.29, 1.82) is 0 Å². The van der Waals surface area contributed by atoms with Gasteiger partial charge in [0, 0.05) is 11.3 Å². The van der Waals surface area contributed by atoms with Gasteiger partial charge >= 0.3 is 0 Å². The lowest BCUT2D eigenvalue weighted by Crippen LogP contribution is -2.21. The third-order valence-electron chi connectivity index (χ3n) is 3.61. The summed E-state index contributed by atoms with van der Waals surface area (Å²) in [6, 6.07) is 14.4. The molecule has 7 heteroatoms. The molecule has 2 aromatic carbocycles. The van der Waals surface area contributed by atoms with Crippen molar-refractivity contribution >= 4 is 17.7 Å². The summed E-state index contributed by atoms with van der Waals surface area (Å²) in [7, 11) is 0. The highest BCUT2D eigenvalue weighted by atomic mass is 32.2. The molecule has 0 bridgehead atoms. The first-order valence-corrected chi connectivity index (χ1v) is 8.24. The topological polar surface area (TPSA) is 96.9 Å². The van der Waals surface area contributed by atoms with E-state index in [0.717, 1.165) is 16.7 Å². The molecule has 0 fully saturated rings. The summed E-state index contributed by atoms with van der Waals surface area (Å²) in [5, 5.41) is 19.7. The second-order valence-corrected chi connectivity index (χ2v) is 6.21. The van der Waals surface area contributed by atoms with Crippen LogP contribution in [0.4, 0.5) is 0 Å². The summed E-state index contributed by atoms with van der Waals surface area (Å²) >= 11 is 1.44. The van der Waals surface area contributed by atoms with E-state index < -0.39 is 5.97 Å². The highest BCUT2D eigenvalue weighted by Crippen LogP contribution is 2.26. The first-order valence-electron chi connectivity index (χ1n) is 7.26. The minimum atomic E-state index is -1.18. The number of carboxylic acids is 1. The van der Waals surface area contributed by atoms with Crippen molar-refractivity contribution in [2.24, 2.45) is 0 Å². The zero-order valence-electron chi connectivity index (χ0n) is 13.0. The highest BCUT2D eigenvalue weighted by molar-refractivity contribution is 7.98. The number of aromatic nitrogens is 3. The van der Waals surface area contributed by atoms with Crippen molar-refractivity contribution in [3.63, 3.8) is 0 Å². The maximum atomic E-state index is 10.7. The van der Waals surface area contributed by atoms with E-state index in [0.29, 0.717) is 16.7 Å². The molecule has 0 saturated heterocycles. The van der Waals surface area contributed by atoms with E-state index >= 15 is 0 Å². The molecule has 0 spiro atoms. The lowest BCUT2D eigenvalue weighted by atomic mass is 10.1. The van der Waals surface area contributed by atoms with Crippen LogP contribution in [0.1, 0.15) is 21.5 Å². The van der Waals surface area contributed by atoms with E-state index in [1.165, 1.54) is 28.6 Å². The maximum absolute atomic E-state index is 10.7. The van der Waals surface area contributed by atoms with Crippen LogP contribution in [0.2, 0.25) is 0 Å². The number of nitrogen functional groups attached to an aromatic ring is 1. The predicted octanol–water partition coefficient (Wildman–Crippen LogP) is 1.62. The van der Waals surface area contributed by atoms with E-state index in [4.69, 9.17) is 5.84 Å². The number of carboxylic acid groups (broad SMARTS) is 1. The van der Waals surface area contributed by atoms with Gasteiger partial charge in [0.25, 0.3) is 0 Å². The summed E-state index contributed by atoms with van der Waals surface area (Å²) in [5.74, 6) is 6.16. The van der Waals surface area contributed by atoms with Gasteiger partial charge in [0.1, 0.15) is 0 Å². The maximum Gasteiger partial charge on any atom is 0.210 e. The highest BCUT2D eigenvalue weighted by Gasteiger charge is 2.13. The molecule has 3 aromatic rings. The fourth-order valence-corrected chi connectivity index (χ4v) is 3.08.